The Morgan fingerprint density at radius 1 is 1.33 bits per heavy atom. The topological polar surface area (TPSA) is 24.9 Å². The molecule has 2 bridgehead atoms. The zero-order valence-corrected chi connectivity index (χ0v) is 11.3. The van der Waals surface area contributed by atoms with Crippen molar-refractivity contribution in [2.24, 2.45) is 16.7 Å². The average molecular weight is 248 g/mol. The number of rotatable bonds is 2. The van der Waals surface area contributed by atoms with Gasteiger partial charge in [-0.25, -0.2) is 4.98 Å². The summed E-state index contributed by atoms with van der Waals surface area (Å²) in [6.07, 6.45) is 5.56. The molecule has 3 rings (SSSR count). The Labute approximate surface area is 108 Å². The van der Waals surface area contributed by atoms with Gasteiger partial charge in [0.15, 0.2) is 0 Å². The molecule has 2 aliphatic carbocycles. The summed E-state index contributed by atoms with van der Waals surface area (Å²) in [7, 11) is 0. The predicted octanol–water partition coefficient (Wildman–Crippen LogP) is 3.85. The molecule has 2 fully saturated rings. The van der Waals surface area contributed by atoms with Crippen molar-refractivity contribution < 1.29 is 4.39 Å². The fraction of sp³-hybridized carbons (Fsp3) is 0.667. The Balaban J connectivity index is 1.86. The van der Waals surface area contributed by atoms with Crippen LogP contribution in [0.25, 0.3) is 0 Å². The standard InChI is InChI=1S/C15H21FN2/c1-14(2)10-6-7-15(3,8-10)13(14)18-11-4-5-12(16)17-9-11/h4-5,9-10,13,18H,6-8H2,1-3H3. The number of hydrogen-bond donors (Lipinski definition) is 1. The second-order valence-corrected chi connectivity index (χ2v) is 6.86. The van der Waals surface area contributed by atoms with Gasteiger partial charge in [-0.15, -0.1) is 0 Å². The summed E-state index contributed by atoms with van der Waals surface area (Å²) in [5.41, 5.74) is 1.62. The number of fused-ring (bicyclic) bond motifs is 2. The number of anilines is 1. The molecule has 3 atom stereocenters. The molecule has 3 unspecified atom stereocenters. The number of halogens is 1. The van der Waals surface area contributed by atoms with E-state index < -0.39 is 5.95 Å². The van der Waals surface area contributed by atoms with Crippen molar-refractivity contribution >= 4 is 5.69 Å². The van der Waals surface area contributed by atoms with E-state index in [0.717, 1.165) is 11.6 Å². The van der Waals surface area contributed by atoms with Gasteiger partial charge in [-0.1, -0.05) is 20.8 Å². The summed E-state index contributed by atoms with van der Waals surface area (Å²) in [5, 5.41) is 3.60. The SMILES string of the molecule is CC12CCC(C1)C(C)(C)C2Nc1ccc(F)nc1. The first kappa shape index (κ1) is 11.9. The van der Waals surface area contributed by atoms with Gasteiger partial charge in [0, 0.05) is 6.04 Å². The molecule has 1 aromatic rings. The minimum atomic E-state index is -0.418. The monoisotopic (exact) mass is 248 g/mol. The maximum atomic E-state index is 12.8. The van der Waals surface area contributed by atoms with E-state index in [9.17, 15) is 4.39 Å². The summed E-state index contributed by atoms with van der Waals surface area (Å²) >= 11 is 0. The van der Waals surface area contributed by atoms with Crippen LogP contribution in [0.2, 0.25) is 0 Å². The van der Waals surface area contributed by atoms with Crippen LogP contribution in [0, 0.1) is 22.7 Å². The molecule has 0 radical (unpaired) electrons. The van der Waals surface area contributed by atoms with Gasteiger partial charge in [0.2, 0.25) is 5.95 Å². The maximum Gasteiger partial charge on any atom is 0.212 e. The van der Waals surface area contributed by atoms with Crippen molar-refractivity contribution in [3.8, 4) is 0 Å². The molecule has 1 N–H and O–H groups in total. The van der Waals surface area contributed by atoms with Gasteiger partial charge in [-0.05, 0) is 48.1 Å². The van der Waals surface area contributed by atoms with Crippen molar-refractivity contribution in [2.75, 3.05) is 5.32 Å². The van der Waals surface area contributed by atoms with E-state index in [1.165, 1.54) is 25.3 Å². The Morgan fingerprint density at radius 3 is 2.67 bits per heavy atom. The lowest BCUT2D eigenvalue weighted by atomic mass is 9.68. The van der Waals surface area contributed by atoms with Crippen LogP contribution in [0.5, 0.6) is 0 Å². The summed E-state index contributed by atoms with van der Waals surface area (Å²) in [5.74, 6) is 0.396. The van der Waals surface area contributed by atoms with E-state index >= 15 is 0 Å². The van der Waals surface area contributed by atoms with Crippen LogP contribution in [-0.4, -0.2) is 11.0 Å². The molecule has 0 amide bonds. The van der Waals surface area contributed by atoms with Crippen molar-refractivity contribution in [1.82, 2.24) is 4.98 Å². The normalized spacial score (nSPS) is 36.9. The lowest BCUT2D eigenvalue weighted by Crippen LogP contribution is -2.45. The van der Waals surface area contributed by atoms with Gasteiger partial charge >= 0.3 is 0 Å². The molecule has 0 spiro atoms. The molecule has 1 aromatic heterocycles. The summed E-state index contributed by atoms with van der Waals surface area (Å²) in [6, 6.07) is 3.66. The Hall–Kier alpha value is -1.12. The Kier molecular flexibility index (Phi) is 2.45. The summed E-state index contributed by atoms with van der Waals surface area (Å²) < 4.78 is 12.8. The summed E-state index contributed by atoms with van der Waals surface area (Å²) in [6.45, 7) is 7.10. The van der Waals surface area contributed by atoms with Crippen LogP contribution in [0.15, 0.2) is 18.3 Å². The molecule has 0 saturated heterocycles. The van der Waals surface area contributed by atoms with Gasteiger partial charge in [-0.3, -0.25) is 0 Å². The highest BCUT2D eigenvalue weighted by atomic mass is 19.1. The van der Waals surface area contributed by atoms with Gasteiger partial charge in [0.05, 0.1) is 11.9 Å². The fourth-order valence-corrected chi connectivity index (χ4v) is 4.29. The number of pyridine rings is 1. The first-order valence-electron chi connectivity index (χ1n) is 6.80. The third kappa shape index (κ3) is 1.63. The maximum absolute atomic E-state index is 12.8. The smallest absolute Gasteiger partial charge is 0.212 e. The highest BCUT2D eigenvalue weighted by Crippen LogP contribution is 2.63. The van der Waals surface area contributed by atoms with Crippen LogP contribution in [0.3, 0.4) is 0 Å². The molecule has 2 saturated carbocycles. The van der Waals surface area contributed by atoms with E-state index in [0.29, 0.717) is 16.9 Å². The zero-order chi connectivity index (χ0) is 13.0. The molecule has 0 aliphatic heterocycles. The summed E-state index contributed by atoms with van der Waals surface area (Å²) in [4.78, 5) is 3.72. The third-order valence-corrected chi connectivity index (χ3v) is 5.31. The molecule has 18 heavy (non-hydrogen) atoms. The van der Waals surface area contributed by atoms with Crippen LogP contribution in [0.1, 0.15) is 40.0 Å². The second-order valence-electron chi connectivity index (χ2n) is 6.86. The second kappa shape index (κ2) is 3.69. The number of hydrogen-bond acceptors (Lipinski definition) is 2. The minimum absolute atomic E-state index is 0.307. The first-order chi connectivity index (χ1) is 8.42. The zero-order valence-electron chi connectivity index (χ0n) is 11.3. The van der Waals surface area contributed by atoms with Crippen molar-refractivity contribution in [3.63, 3.8) is 0 Å². The van der Waals surface area contributed by atoms with Gasteiger partial charge < -0.3 is 5.32 Å². The number of nitrogens with zero attached hydrogens (tertiary/aromatic N) is 1. The van der Waals surface area contributed by atoms with Gasteiger partial charge in [0.25, 0.3) is 0 Å². The molecular formula is C15H21FN2. The third-order valence-electron chi connectivity index (χ3n) is 5.31. The predicted molar refractivity (Wildman–Crippen MR) is 70.8 cm³/mol. The highest BCUT2D eigenvalue weighted by molar-refractivity contribution is 5.43. The number of nitrogens with one attached hydrogen (secondary N) is 1. The molecule has 98 valence electrons. The molecule has 0 aromatic carbocycles. The molecule has 1 heterocycles. The lowest BCUT2D eigenvalue weighted by molar-refractivity contribution is 0.155. The van der Waals surface area contributed by atoms with Gasteiger partial charge in [-0.2, -0.15) is 4.39 Å². The Morgan fingerprint density at radius 2 is 2.11 bits per heavy atom. The largest absolute Gasteiger partial charge is 0.380 e. The number of aromatic nitrogens is 1. The van der Waals surface area contributed by atoms with Crippen molar-refractivity contribution in [3.05, 3.63) is 24.3 Å². The van der Waals surface area contributed by atoms with Crippen LogP contribution in [-0.2, 0) is 0 Å². The van der Waals surface area contributed by atoms with Crippen molar-refractivity contribution in [2.45, 2.75) is 46.1 Å². The molecule has 2 nitrogen and oxygen atoms in total. The van der Waals surface area contributed by atoms with E-state index in [-0.39, 0.29) is 0 Å². The molecular weight excluding hydrogens is 227 g/mol. The molecule has 3 heteroatoms. The fourth-order valence-electron chi connectivity index (χ4n) is 4.29. The lowest BCUT2D eigenvalue weighted by Gasteiger charge is -2.43. The minimum Gasteiger partial charge on any atom is -0.380 e. The van der Waals surface area contributed by atoms with Crippen molar-refractivity contribution in [1.29, 1.82) is 0 Å². The van der Waals surface area contributed by atoms with E-state index in [4.69, 9.17) is 0 Å². The van der Waals surface area contributed by atoms with Gasteiger partial charge in [0.1, 0.15) is 0 Å². The highest BCUT2D eigenvalue weighted by Gasteiger charge is 2.59. The quantitative estimate of drug-likeness (QED) is 0.804. The molecule has 2 aliphatic rings. The van der Waals surface area contributed by atoms with Crippen LogP contribution >= 0.6 is 0 Å². The van der Waals surface area contributed by atoms with Crippen LogP contribution < -0.4 is 5.32 Å². The van der Waals surface area contributed by atoms with E-state index in [2.05, 4.69) is 31.1 Å². The van der Waals surface area contributed by atoms with E-state index in [1.807, 2.05) is 0 Å². The first-order valence-corrected chi connectivity index (χ1v) is 6.80. The van der Waals surface area contributed by atoms with E-state index in [1.54, 1.807) is 12.3 Å². The van der Waals surface area contributed by atoms with Crippen LogP contribution in [0.4, 0.5) is 10.1 Å². The average Bonchev–Trinajstić information content (AvgIpc) is 2.78. The Bertz CT molecular complexity index is 449.